The molecule has 5 heteroatoms. The Balaban J connectivity index is 2.99. The molecular weight excluding hydrogens is 245 g/mol. The molecule has 0 saturated heterocycles. The van der Waals surface area contributed by atoms with Crippen molar-refractivity contribution in [1.29, 1.82) is 0 Å². The molecule has 0 N–H and O–H groups in total. The van der Waals surface area contributed by atoms with E-state index in [-0.39, 0.29) is 17.1 Å². The van der Waals surface area contributed by atoms with Gasteiger partial charge < -0.3 is 4.74 Å². The van der Waals surface area contributed by atoms with E-state index in [0.29, 0.717) is 12.0 Å². The van der Waals surface area contributed by atoms with E-state index in [4.69, 9.17) is 0 Å². The lowest BCUT2D eigenvalue weighted by atomic mass is 10.0. The van der Waals surface area contributed by atoms with E-state index >= 15 is 0 Å². The number of hydrogen-bond acceptors (Lipinski definition) is 2. The molecule has 0 fully saturated rings. The molecule has 98 valence electrons. The minimum atomic E-state index is -4.75. The minimum absolute atomic E-state index is 0.187. The van der Waals surface area contributed by atoms with Crippen LogP contribution in [0.2, 0.25) is 0 Å². The third-order valence-electron chi connectivity index (χ3n) is 2.35. The quantitative estimate of drug-likeness (QED) is 0.599. The zero-order valence-electron chi connectivity index (χ0n) is 10.0. The van der Waals surface area contributed by atoms with Crippen molar-refractivity contribution in [2.24, 2.45) is 0 Å². The molecule has 0 aliphatic rings. The Labute approximate surface area is 103 Å². The summed E-state index contributed by atoms with van der Waals surface area (Å²) < 4.78 is 39.9. The lowest BCUT2D eigenvalue weighted by Crippen LogP contribution is -2.17. The third kappa shape index (κ3) is 3.91. The van der Waals surface area contributed by atoms with Gasteiger partial charge in [0.2, 0.25) is 0 Å². The number of Topliss-reactive ketones (excluding diaryl/α,β-unsaturated/α-hetero) is 1. The monoisotopic (exact) mass is 258 g/mol. The molecule has 0 spiro atoms. The second-order valence-electron chi connectivity index (χ2n) is 3.57. The average Bonchev–Trinajstić information content (AvgIpc) is 2.28. The van der Waals surface area contributed by atoms with Crippen LogP contribution < -0.4 is 4.74 Å². The van der Waals surface area contributed by atoms with Gasteiger partial charge in [-0.25, -0.2) is 0 Å². The molecule has 2 nitrogen and oxygen atoms in total. The number of rotatable bonds is 4. The van der Waals surface area contributed by atoms with Gasteiger partial charge in [-0.2, -0.15) is 0 Å². The van der Waals surface area contributed by atoms with Gasteiger partial charge in [0, 0.05) is 5.56 Å². The van der Waals surface area contributed by atoms with Crippen LogP contribution in [0.3, 0.4) is 0 Å². The highest BCUT2D eigenvalue weighted by Gasteiger charge is 2.31. The predicted octanol–water partition coefficient (Wildman–Crippen LogP) is 4.12. The lowest BCUT2D eigenvalue weighted by Gasteiger charge is -2.10. The largest absolute Gasteiger partial charge is 0.573 e. The summed E-state index contributed by atoms with van der Waals surface area (Å²) >= 11 is 0. The third-order valence-corrected chi connectivity index (χ3v) is 2.35. The second-order valence-corrected chi connectivity index (χ2v) is 3.57. The van der Waals surface area contributed by atoms with Crippen molar-refractivity contribution in [3.05, 3.63) is 41.5 Å². The van der Waals surface area contributed by atoms with E-state index in [1.54, 1.807) is 13.0 Å². The van der Waals surface area contributed by atoms with Crippen molar-refractivity contribution in [1.82, 2.24) is 0 Å². The summed E-state index contributed by atoms with van der Waals surface area (Å²) in [5.41, 5.74) is 0.742. The van der Waals surface area contributed by atoms with Crippen molar-refractivity contribution >= 4 is 5.78 Å². The molecule has 1 rings (SSSR count). The summed E-state index contributed by atoms with van der Waals surface area (Å²) in [4.78, 5) is 11.9. The maximum absolute atomic E-state index is 12.0. The van der Waals surface area contributed by atoms with Crippen molar-refractivity contribution in [3.63, 3.8) is 0 Å². The van der Waals surface area contributed by atoms with Gasteiger partial charge in [0.15, 0.2) is 5.78 Å². The van der Waals surface area contributed by atoms with E-state index in [0.717, 1.165) is 12.1 Å². The molecule has 0 heterocycles. The topological polar surface area (TPSA) is 26.3 Å². The molecule has 0 aliphatic heterocycles. The maximum Gasteiger partial charge on any atom is 0.573 e. The molecule has 0 amide bonds. The van der Waals surface area contributed by atoms with Crippen molar-refractivity contribution < 1.29 is 22.7 Å². The summed E-state index contributed by atoms with van der Waals surface area (Å²) in [6, 6.07) is 5.07. The standard InChI is InChI=1S/C13H13F3O2/c1-3-9(4-2)12(17)10-6-5-7-11(8-10)18-13(14,15)16/h3,5-8H,4H2,1-2H3/b9-3-. The van der Waals surface area contributed by atoms with E-state index < -0.39 is 6.36 Å². The fourth-order valence-corrected chi connectivity index (χ4v) is 1.52. The molecule has 0 bridgehead atoms. The van der Waals surface area contributed by atoms with E-state index in [9.17, 15) is 18.0 Å². The molecule has 0 radical (unpaired) electrons. The fraction of sp³-hybridized carbons (Fsp3) is 0.308. The van der Waals surface area contributed by atoms with Gasteiger partial charge in [0.25, 0.3) is 0 Å². The van der Waals surface area contributed by atoms with Crippen LogP contribution >= 0.6 is 0 Å². The van der Waals surface area contributed by atoms with Gasteiger partial charge in [0.05, 0.1) is 0 Å². The Kier molecular flexibility index (Phi) is 4.53. The number of carbonyl (C=O) groups is 1. The zero-order chi connectivity index (χ0) is 13.8. The van der Waals surface area contributed by atoms with Crippen LogP contribution in [0.25, 0.3) is 0 Å². The highest BCUT2D eigenvalue weighted by Crippen LogP contribution is 2.24. The molecule has 1 aromatic rings. The summed E-state index contributed by atoms with van der Waals surface area (Å²) in [5, 5.41) is 0. The highest BCUT2D eigenvalue weighted by atomic mass is 19.4. The van der Waals surface area contributed by atoms with E-state index in [2.05, 4.69) is 4.74 Å². The molecule has 0 saturated carbocycles. The second kappa shape index (κ2) is 5.71. The Morgan fingerprint density at radius 2 is 2.06 bits per heavy atom. The number of ketones is 1. The van der Waals surface area contributed by atoms with Gasteiger partial charge in [-0.1, -0.05) is 25.1 Å². The first-order valence-electron chi connectivity index (χ1n) is 5.43. The van der Waals surface area contributed by atoms with Crippen LogP contribution in [0.5, 0.6) is 5.75 Å². The smallest absolute Gasteiger partial charge is 0.406 e. The van der Waals surface area contributed by atoms with Gasteiger partial charge in [-0.15, -0.1) is 13.2 Å². The molecular formula is C13H13F3O2. The van der Waals surface area contributed by atoms with Crippen LogP contribution in [-0.2, 0) is 0 Å². The molecule has 0 unspecified atom stereocenters. The van der Waals surface area contributed by atoms with E-state index in [1.807, 2.05) is 6.92 Å². The maximum atomic E-state index is 12.0. The Morgan fingerprint density at radius 1 is 1.39 bits per heavy atom. The van der Waals surface area contributed by atoms with Gasteiger partial charge in [-0.3, -0.25) is 4.79 Å². The number of alkyl halides is 3. The SMILES string of the molecule is C/C=C(/CC)C(=O)c1cccc(OC(F)(F)F)c1. The highest BCUT2D eigenvalue weighted by molar-refractivity contribution is 6.08. The number of allylic oxidation sites excluding steroid dienone is 2. The summed E-state index contributed by atoms with van der Waals surface area (Å²) in [6.45, 7) is 3.52. The summed E-state index contributed by atoms with van der Waals surface area (Å²) in [5.74, 6) is -0.674. The summed E-state index contributed by atoms with van der Waals surface area (Å²) in [6.07, 6.45) is -2.57. The van der Waals surface area contributed by atoms with Crippen molar-refractivity contribution in [2.45, 2.75) is 26.6 Å². The predicted molar refractivity (Wildman–Crippen MR) is 61.5 cm³/mol. The summed E-state index contributed by atoms with van der Waals surface area (Å²) in [7, 11) is 0. The first-order valence-corrected chi connectivity index (χ1v) is 5.43. The lowest BCUT2D eigenvalue weighted by molar-refractivity contribution is -0.274. The number of carbonyl (C=O) groups excluding carboxylic acids is 1. The number of ether oxygens (including phenoxy) is 1. The average molecular weight is 258 g/mol. The molecule has 0 aromatic heterocycles. The fourth-order valence-electron chi connectivity index (χ4n) is 1.52. The van der Waals surface area contributed by atoms with Crippen LogP contribution in [0.1, 0.15) is 30.6 Å². The van der Waals surface area contributed by atoms with Crippen LogP contribution in [-0.4, -0.2) is 12.1 Å². The first-order chi connectivity index (χ1) is 8.37. The van der Waals surface area contributed by atoms with Crippen LogP contribution in [0.4, 0.5) is 13.2 Å². The van der Waals surface area contributed by atoms with Gasteiger partial charge in [0.1, 0.15) is 5.75 Å². The Morgan fingerprint density at radius 3 is 2.56 bits per heavy atom. The number of halogens is 3. The Hall–Kier alpha value is -1.78. The Bertz CT molecular complexity index is 462. The molecule has 0 aliphatic carbocycles. The van der Waals surface area contributed by atoms with Crippen molar-refractivity contribution in [2.75, 3.05) is 0 Å². The van der Waals surface area contributed by atoms with Gasteiger partial charge >= 0.3 is 6.36 Å². The van der Waals surface area contributed by atoms with Crippen molar-refractivity contribution in [3.8, 4) is 5.75 Å². The number of hydrogen-bond donors (Lipinski definition) is 0. The molecule has 0 atom stereocenters. The van der Waals surface area contributed by atoms with Gasteiger partial charge in [-0.05, 0) is 31.1 Å². The zero-order valence-corrected chi connectivity index (χ0v) is 10.0. The minimum Gasteiger partial charge on any atom is -0.406 e. The normalized spacial score (nSPS) is 12.4. The number of benzene rings is 1. The molecule has 1 aromatic carbocycles. The first kappa shape index (κ1) is 14.3. The van der Waals surface area contributed by atoms with Crippen LogP contribution in [0.15, 0.2) is 35.9 Å². The van der Waals surface area contributed by atoms with Crippen LogP contribution in [0, 0.1) is 0 Å². The van der Waals surface area contributed by atoms with E-state index in [1.165, 1.54) is 12.1 Å². The molecule has 18 heavy (non-hydrogen) atoms.